The molecule has 0 aliphatic carbocycles. The van der Waals surface area contributed by atoms with Crippen molar-refractivity contribution in [2.45, 2.75) is 26.3 Å². The van der Waals surface area contributed by atoms with Gasteiger partial charge in [-0.15, -0.1) is 0 Å². The maximum atomic E-state index is 12.6. The minimum atomic E-state index is -0.00770. The van der Waals surface area contributed by atoms with Crippen LogP contribution in [-0.4, -0.2) is 36.4 Å². The van der Waals surface area contributed by atoms with E-state index < -0.39 is 0 Å². The highest BCUT2D eigenvalue weighted by molar-refractivity contribution is 5.86. The molecule has 5 nitrogen and oxygen atoms in total. The van der Waals surface area contributed by atoms with Gasteiger partial charge in [0.2, 0.25) is 5.91 Å². The number of amides is 1. The Labute approximate surface area is 154 Å². The highest BCUT2D eigenvalue weighted by Crippen LogP contribution is 2.23. The van der Waals surface area contributed by atoms with E-state index in [2.05, 4.69) is 23.3 Å². The lowest BCUT2D eigenvalue weighted by atomic mass is 9.99. The van der Waals surface area contributed by atoms with E-state index >= 15 is 0 Å². The SMILES string of the molecule is Cc1nc2ccccc2c(C)c1CC(=O)NCC(c1ccco1)N(C)C. The Balaban J connectivity index is 1.73. The Morgan fingerprint density at radius 3 is 2.65 bits per heavy atom. The molecule has 0 saturated heterocycles. The van der Waals surface area contributed by atoms with Crippen LogP contribution in [0.4, 0.5) is 0 Å². The summed E-state index contributed by atoms with van der Waals surface area (Å²) in [6.07, 6.45) is 1.98. The van der Waals surface area contributed by atoms with Gasteiger partial charge in [0.1, 0.15) is 5.76 Å². The van der Waals surface area contributed by atoms with E-state index in [0.717, 1.165) is 33.5 Å². The first-order valence-electron chi connectivity index (χ1n) is 8.78. The van der Waals surface area contributed by atoms with Crippen LogP contribution in [-0.2, 0) is 11.2 Å². The van der Waals surface area contributed by atoms with Crippen LogP contribution in [0, 0.1) is 13.8 Å². The zero-order valence-corrected chi connectivity index (χ0v) is 15.7. The third-order valence-corrected chi connectivity index (χ3v) is 4.81. The number of furan rings is 1. The molecule has 26 heavy (non-hydrogen) atoms. The third kappa shape index (κ3) is 3.78. The van der Waals surface area contributed by atoms with Crippen LogP contribution < -0.4 is 5.32 Å². The van der Waals surface area contributed by atoms with Crippen molar-refractivity contribution in [3.8, 4) is 0 Å². The van der Waals surface area contributed by atoms with Gasteiger partial charge in [-0.3, -0.25) is 14.7 Å². The largest absolute Gasteiger partial charge is 0.468 e. The molecular formula is C21H25N3O2. The van der Waals surface area contributed by atoms with E-state index in [1.54, 1.807) is 6.26 Å². The molecule has 2 heterocycles. The van der Waals surface area contributed by atoms with Gasteiger partial charge in [0.25, 0.3) is 0 Å². The van der Waals surface area contributed by atoms with Gasteiger partial charge in [0.15, 0.2) is 0 Å². The van der Waals surface area contributed by atoms with Crippen molar-refractivity contribution >= 4 is 16.8 Å². The molecule has 1 unspecified atom stereocenters. The van der Waals surface area contributed by atoms with E-state index in [0.29, 0.717) is 13.0 Å². The predicted octanol–water partition coefficient (Wildman–Crippen LogP) is 3.41. The standard InChI is InChI=1S/C21H25N3O2/c1-14-16-8-5-6-9-18(16)23-15(2)17(14)12-21(25)22-13-19(24(3)4)20-10-7-11-26-20/h5-11,19H,12-13H2,1-4H3,(H,22,25). The summed E-state index contributed by atoms with van der Waals surface area (Å²) < 4.78 is 5.49. The molecule has 1 atom stereocenters. The molecule has 1 aromatic carbocycles. The van der Waals surface area contributed by atoms with E-state index in [9.17, 15) is 4.79 Å². The van der Waals surface area contributed by atoms with Crippen LogP contribution in [0.1, 0.15) is 28.6 Å². The highest BCUT2D eigenvalue weighted by atomic mass is 16.3. The van der Waals surface area contributed by atoms with Crippen LogP contribution in [0.3, 0.4) is 0 Å². The minimum absolute atomic E-state index is 0.00544. The number of carbonyl (C=O) groups is 1. The number of nitrogens with one attached hydrogen (secondary N) is 1. The monoisotopic (exact) mass is 351 g/mol. The van der Waals surface area contributed by atoms with Crippen LogP contribution in [0.25, 0.3) is 10.9 Å². The van der Waals surface area contributed by atoms with E-state index in [4.69, 9.17) is 4.42 Å². The van der Waals surface area contributed by atoms with Crippen molar-refractivity contribution in [1.82, 2.24) is 15.2 Å². The molecule has 2 aromatic heterocycles. The first kappa shape index (κ1) is 18.1. The van der Waals surface area contributed by atoms with Crippen molar-refractivity contribution < 1.29 is 9.21 Å². The maximum Gasteiger partial charge on any atom is 0.224 e. The summed E-state index contributed by atoms with van der Waals surface area (Å²) in [4.78, 5) is 19.2. The van der Waals surface area contributed by atoms with Gasteiger partial charge in [-0.05, 0) is 57.3 Å². The molecule has 0 aliphatic rings. The summed E-state index contributed by atoms with van der Waals surface area (Å²) in [6.45, 7) is 4.52. The number of carbonyl (C=O) groups excluding carboxylic acids is 1. The Bertz CT molecular complexity index is 901. The molecule has 136 valence electrons. The smallest absolute Gasteiger partial charge is 0.224 e. The number of nitrogens with zero attached hydrogens (tertiary/aromatic N) is 2. The van der Waals surface area contributed by atoms with Crippen molar-refractivity contribution in [2.24, 2.45) is 0 Å². The Kier molecular flexibility index (Phi) is 5.38. The molecule has 1 amide bonds. The lowest BCUT2D eigenvalue weighted by Crippen LogP contribution is -2.35. The second-order valence-electron chi connectivity index (χ2n) is 6.79. The summed E-state index contributed by atoms with van der Waals surface area (Å²) in [5.74, 6) is 0.835. The molecule has 0 spiro atoms. The second-order valence-corrected chi connectivity index (χ2v) is 6.79. The fraction of sp³-hybridized carbons (Fsp3) is 0.333. The van der Waals surface area contributed by atoms with E-state index in [-0.39, 0.29) is 11.9 Å². The van der Waals surface area contributed by atoms with Crippen LogP contribution in [0.2, 0.25) is 0 Å². The number of benzene rings is 1. The Morgan fingerprint density at radius 2 is 1.96 bits per heavy atom. The molecule has 0 aliphatic heterocycles. The van der Waals surface area contributed by atoms with Crippen molar-refractivity contribution in [3.63, 3.8) is 0 Å². The zero-order valence-electron chi connectivity index (χ0n) is 15.7. The second kappa shape index (κ2) is 7.70. The lowest BCUT2D eigenvalue weighted by Gasteiger charge is -2.22. The summed E-state index contributed by atoms with van der Waals surface area (Å²) in [6, 6.07) is 11.8. The lowest BCUT2D eigenvalue weighted by molar-refractivity contribution is -0.120. The number of pyridine rings is 1. The molecule has 0 radical (unpaired) electrons. The van der Waals surface area contributed by atoms with Gasteiger partial charge >= 0.3 is 0 Å². The van der Waals surface area contributed by atoms with Crippen molar-refractivity contribution in [3.05, 3.63) is 65.2 Å². The fourth-order valence-electron chi connectivity index (χ4n) is 3.28. The molecule has 3 aromatic rings. The molecule has 5 heteroatoms. The molecule has 3 rings (SSSR count). The van der Waals surface area contributed by atoms with Gasteiger partial charge in [0.05, 0.1) is 24.2 Å². The zero-order chi connectivity index (χ0) is 18.7. The number of likely N-dealkylation sites (N-methyl/N-ethyl adjacent to an activating group) is 1. The molecule has 0 bridgehead atoms. The summed E-state index contributed by atoms with van der Waals surface area (Å²) >= 11 is 0. The Hall–Kier alpha value is -2.66. The average Bonchev–Trinajstić information content (AvgIpc) is 3.13. The van der Waals surface area contributed by atoms with Gasteiger partial charge in [0, 0.05) is 17.6 Å². The molecule has 1 N–H and O–H groups in total. The van der Waals surface area contributed by atoms with E-state index in [1.807, 2.05) is 56.3 Å². The number of hydrogen-bond donors (Lipinski definition) is 1. The predicted molar refractivity (Wildman–Crippen MR) is 103 cm³/mol. The normalized spacial score (nSPS) is 12.5. The van der Waals surface area contributed by atoms with Crippen molar-refractivity contribution in [1.29, 1.82) is 0 Å². The maximum absolute atomic E-state index is 12.6. The van der Waals surface area contributed by atoms with Crippen LogP contribution >= 0.6 is 0 Å². The number of fused-ring (bicyclic) bond motifs is 1. The highest BCUT2D eigenvalue weighted by Gasteiger charge is 2.19. The minimum Gasteiger partial charge on any atom is -0.468 e. The number of aryl methyl sites for hydroxylation is 2. The fourth-order valence-corrected chi connectivity index (χ4v) is 3.28. The summed E-state index contributed by atoms with van der Waals surface area (Å²) in [5.41, 5.74) is 4.00. The summed E-state index contributed by atoms with van der Waals surface area (Å²) in [7, 11) is 3.95. The van der Waals surface area contributed by atoms with Crippen LogP contribution in [0.15, 0.2) is 47.1 Å². The Morgan fingerprint density at radius 1 is 1.19 bits per heavy atom. The molecule has 0 saturated carbocycles. The van der Waals surface area contributed by atoms with Gasteiger partial charge in [-0.25, -0.2) is 0 Å². The first-order chi connectivity index (χ1) is 12.5. The number of hydrogen-bond acceptors (Lipinski definition) is 4. The average molecular weight is 351 g/mol. The van der Waals surface area contributed by atoms with Gasteiger partial charge in [-0.1, -0.05) is 18.2 Å². The molecule has 0 fully saturated rings. The molecular weight excluding hydrogens is 326 g/mol. The topological polar surface area (TPSA) is 58.4 Å². The summed E-state index contributed by atoms with van der Waals surface area (Å²) in [5, 5.41) is 4.13. The number of para-hydroxylation sites is 1. The number of rotatable bonds is 6. The van der Waals surface area contributed by atoms with Crippen molar-refractivity contribution in [2.75, 3.05) is 20.6 Å². The van der Waals surface area contributed by atoms with Gasteiger partial charge < -0.3 is 9.73 Å². The van der Waals surface area contributed by atoms with E-state index in [1.165, 1.54) is 0 Å². The third-order valence-electron chi connectivity index (χ3n) is 4.81. The first-order valence-corrected chi connectivity index (χ1v) is 8.78. The quantitative estimate of drug-likeness (QED) is 0.739. The number of aromatic nitrogens is 1. The van der Waals surface area contributed by atoms with Gasteiger partial charge in [-0.2, -0.15) is 0 Å². The van der Waals surface area contributed by atoms with Crippen LogP contribution in [0.5, 0.6) is 0 Å².